The number of hydrogen-bond acceptors (Lipinski definition) is 3. The van der Waals surface area contributed by atoms with Crippen LogP contribution in [0, 0.1) is 0 Å². The third kappa shape index (κ3) is 6.51. The highest BCUT2D eigenvalue weighted by Gasteiger charge is 2.32. The van der Waals surface area contributed by atoms with Crippen LogP contribution in [0.2, 0.25) is 0 Å². The summed E-state index contributed by atoms with van der Waals surface area (Å²) in [4.78, 5) is 44.2. The fourth-order valence-electron chi connectivity index (χ4n) is 5.49. The van der Waals surface area contributed by atoms with Crippen LogP contribution in [0.4, 0.5) is 5.69 Å². The highest BCUT2D eigenvalue weighted by atomic mass is 79.9. The molecule has 41 heavy (non-hydrogen) atoms. The summed E-state index contributed by atoms with van der Waals surface area (Å²) < 4.78 is 0.915. The molecule has 0 bridgehead atoms. The Morgan fingerprint density at radius 3 is 2.41 bits per heavy atom. The molecule has 1 aliphatic rings. The van der Waals surface area contributed by atoms with Crippen LogP contribution in [-0.4, -0.2) is 41.8 Å². The van der Waals surface area contributed by atoms with E-state index >= 15 is 0 Å². The van der Waals surface area contributed by atoms with Gasteiger partial charge < -0.3 is 15.1 Å². The van der Waals surface area contributed by atoms with Crippen LogP contribution in [0.15, 0.2) is 95.5 Å². The van der Waals surface area contributed by atoms with Crippen LogP contribution in [-0.2, 0) is 22.6 Å². The molecular weight excluding hydrogens is 578 g/mol. The summed E-state index contributed by atoms with van der Waals surface area (Å²) >= 11 is 3.53. The third-order valence-corrected chi connectivity index (χ3v) is 7.98. The van der Waals surface area contributed by atoms with Gasteiger partial charge in [-0.3, -0.25) is 14.4 Å². The summed E-state index contributed by atoms with van der Waals surface area (Å²) in [5.41, 5.74) is 3.52. The maximum Gasteiger partial charge on any atom is 0.258 e. The summed E-state index contributed by atoms with van der Waals surface area (Å²) in [5.74, 6) is -0.299. The van der Waals surface area contributed by atoms with Crippen LogP contribution in [0.3, 0.4) is 0 Å². The monoisotopic (exact) mass is 611 g/mol. The van der Waals surface area contributed by atoms with Crippen molar-refractivity contribution in [3.05, 3.63) is 112 Å². The lowest BCUT2D eigenvalue weighted by Gasteiger charge is -2.32. The molecule has 1 aliphatic heterocycles. The van der Waals surface area contributed by atoms with Crippen molar-refractivity contribution in [2.45, 2.75) is 45.2 Å². The fourth-order valence-corrected chi connectivity index (χ4v) is 5.93. The van der Waals surface area contributed by atoms with E-state index in [9.17, 15) is 14.4 Å². The van der Waals surface area contributed by atoms with Gasteiger partial charge >= 0.3 is 0 Å². The Hall–Kier alpha value is -3.97. The highest BCUT2D eigenvalue weighted by Crippen LogP contribution is 2.37. The number of halogens is 1. The molecule has 1 N–H and O–H groups in total. The van der Waals surface area contributed by atoms with E-state index in [4.69, 9.17) is 0 Å². The van der Waals surface area contributed by atoms with Crippen molar-refractivity contribution in [2.24, 2.45) is 0 Å². The molecule has 0 spiro atoms. The Bertz CT molecular complexity index is 1550. The van der Waals surface area contributed by atoms with Crippen molar-refractivity contribution >= 4 is 50.1 Å². The molecule has 1 atom stereocenters. The van der Waals surface area contributed by atoms with Crippen LogP contribution in [0.5, 0.6) is 0 Å². The van der Waals surface area contributed by atoms with E-state index < -0.39 is 6.04 Å². The minimum absolute atomic E-state index is 0.0314. The van der Waals surface area contributed by atoms with Crippen LogP contribution in [0.1, 0.15) is 47.7 Å². The van der Waals surface area contributed by atoms with Crippen molar-refractivity contribution in [1.82, 2.24) is 10.2 Å². The van der Waals surface area contributed by atoms with Crippen LogP contribution >= 0.6 is 15.9 Å². The van der Waals surface area contributed by atoms with Gasteiger partial charge in [-0.05, 0) is 53.6 Å². The zero-order valence-corrected chi connectivity index (χ0v) is 24.8. The molecule has 1 heterocycles. The summed E-state index contributed by atoms with van der Waals surface area (Å²) in [6, 6.07) is 28.7. The van der Waals surface area contributed by atoms with Crippen molar-refractivity contribution in [3.8, 4) is 0 Å². The number of benzene rings is 4. The van der Waals surface area contributed by atoms with Gasteiger partial charge in [0, 0.05) is 47.9 Å². The Morgan fingerprint density at radius 1 is 0.927 bits per heavy atom. The Labute approximate surface area is 249 Å². The third-order valence-electron chi connectivity index (χ3n) is 7.48. The van der Waals surface area contributed by atoms with E-state index in [0.29, 0.717) is 38.0 Å². The molecule has 210 valence electrons. The van der Waals surface area contributed by atoms with Gasteiger partial charge in [-0.2, -0.15) is 0 Å². The lowest BCUT2D eigenvalue weighted by Crippen LogP contribution is -2.50. The molecule has 0 fully saturated rings. The number of rotatable bonds is 12. The average molecular weight is 613 g/mol. The number of amides is 3. The predicted molar refractivity (Wildman–Crippen MR) is 167 cm³/mol. The number of anilines is 1. The minimum Gasteiger partial charge on any atom is -0.354 e. The quantitative estimate of drug-likeness (QED) is 0.198. The molecule has 4 aromatic rings. The molecule has 3 amide bonds. The standard InChI is InChI=1S/C34H34BrN3O3/c1-2-19-36-33(40)30(22-24-10-4-3-5-11-24)38(23-25-12-6-15-27(35)21-25)31(39)18-9-20-37-29-17-8-14-26-13-7-16-28(32(26)29)34(37)41/h3-8,10-17,21,30H,2,9,18-20,22-23H2,1H3,(H,36,40). The Morgan fingerprint density at radius 2 is 1.66 bits per heavy atom. The number of nitrogens with zero attached hydrogens (tertiary/aromatic N) is 2. The molecule has 5 rings (SSSR count). The topological polar surface area (TPSA) is 69.7 Å². The van der Waals surface area contributed by atoms with Gasteiger partial charge in [0.25, 0.3) is 5.91 Å². The highest BCUT2D eigenvalue weighted by molar-refractivity contribution is 9.10. The van der Waals surface area contributed by atoms with Gasteiger partial charge in [-0.25, -0.2) is 0 Å². The van der Waals surface area contributed by atoms with E-state index in [1.165, 1.54) is 0 Å². The van der Waals surface area contributed by atoms with E-state index in [1.807, 2.05) is 97.9 Å². The van der Waals surface area contributed by atoms with Gasteiger partial charge in [0.2, 0.25) is 11.8 Å². The van der Waals surface area contributed by atoms with Crippen LogP contribution in [0.25, 0.3) is 10.8 Å². The zero-order chi connectivity index (χ0) is 28.8. The van der Waals surface area contributed by atoms with Gasteiger partial charge in [0.05, 0.1) is 5.69 Å². The van der Waals surface area contributed by atoms with E-state index in [-0.39, 0.29) is 24.1 Å². The minimum atomic E-state index is -0.665. The largest absolute Gasteiger partial charge is 0.354 e. The second-order valence-electron chi connectivity index (χ2n) is 10.4. The van der Waals surface area contributed by atoms with Gasteiger partial charge in [0.15, 0.2) is 0 Å². The summed E-state index contributed by atoms with van der Waals surface area (Å²) in [7, 11) is 0. The first-order valence-electron chi connectivity index (χ1n) is 14.2. The van der Waals surface area contributed by atoms with E-state index in [1.54, 1.807) is 9.80 Å². The molecule has 1 unspecified atom stereocenters. The fraction of sp³-hybridized carbons (Fsp3) is 0.265. The van der Waals surface area contributed by atoms with Crippen molar-refractivity contribution in [3.63, 3.8) is 0 Å². The lowest BCUT2D eigenvalue weighted by atomic mass is 10.0. The smallest absolute Gasteiger partial charge is 0.258 e. The molecule has 0 radical (unpaired) electrons. The summed E-state index contributed by atoms with van der Waals surface area (Å²) in [5, 5.41) is 5.02. The summed E-state index contributed by atoms with van der Waals surface area (Å²) in [6.45, 7) is 3.29. The van der Waals surface area contributed by atoms with E-state index in [0.717, 1.165) is 38.5 Å². The molecule has 6 nitrogen and oxygen atoms in total. The van der Waals surface area contributed by atoms with Crippen molar-refractivity contribution in [2.75, 3.05) is 18.0 Å². The number of carbonyl (C=O) groups is 3. The lowest BCUT2D eigenvalue weighted by molar-refractivity contribution is -0.141. The first-order valence-corrected chi connectivity index (χ1v) is 14.9. The first-order chi connectivity index (χ1) is 20.0. The number of nitrogens with one attached hydrogen (secondary N) is 1. The molecule has 4 aromatic carbocycles. The number of hydrogen-bond donors (Lipinski definition) is 1. The molecule has 0 aromatic heterocycles. The zero-order valence-electron chi connectivity index (χ0n) is 23.2. The Balaban J connectivity index is 1.37. The second kappa shape index (κ2) is 13.1. The molecule has 7 heteroatoms. The first kappa shape index (κ1) is 28.6. The summed E-state index contributed by atoms with van der Waals surface area (Å²) in [6.07, 6.45) is 1.93. The van der Waals surface area contributed by atoms with Crippen LogP contribution < -0.4 is 10.2 Å². The SMILES string of the molecule is CCCNC(=O)C(Cc1ccccc1)N(Cc1cccc(Br)c1)C(=O)CCCN1C(=O)c2cccc3cccc1c23. The van der Waals surface area contributed by atoms with Gasteiger partial charge in [-0.1, -0.05) is 89.6 Å². The molecule has 0 aliphatic carbocycles. The number of carbonyl (C=O) groups excluding carboxylic acids is 3. The average Bonchev–Trinajstić information content (AvgIpc) is 3.26. The van der Waals surface area contributed by atoms with Gasteiger partial charge in [0.1, 0.15) is 6.04 Å². The van der Waals surface area contributed by atoms with E-state index in [2.05, 4.69) is 21.2 Å². The molecular formula is C34H34BrN3O3. The molecule has 0 saturated carbocycles. The van der Waals surface area contributed by atoms with Crippen molar-refractivity contribution in [1.29, 1.82) is 0 Å². The normalized spacial score (nSPS) is 12.9. The van der Waals surface area contributed by atoms with Gasteiger partial charge in [-0.15, -0.1) is 0 Å². The maximum atomic E-state index is 13.9. The predicted octanol–water partition coefficient (Wildman–Crippen LogP) is 6.51. The van der Waals surface area contributed by atoms with Crippen molar-refractivity contribution < 1.29 is 14.4 Å². The molecule has 0 saturated heterocycles. The Kier molecular flexibility index (Phi) is 9.14. The maximum absolute atomic E-state index is 13.9. The second-order valence-corrected chi connectivity index (χ2v) is 11.3.